The van der Waals surface area contributed by atoms with E-state index in [4.69, 9.17) is 10.00 Å². The molecule has 1 heterocycles. The first-order chi connectivity index (χ1) is 13.1. The van der Waals surface area contributed by atoms with Crippen molar-refractivity contribution in [2.75, 3.05) is 12.4 Å². The molecule has 0 aliphatic heterocycles. The molecule has 1 N–H and O–H groups in total. The Labute approximate surface area is 161 Å². The summed E-state index contributed by atoms with van der Waals surface area (Å²) in [5, 5.41) is 12.1. The zero-order chi connectivity index (χ0) is 19.2. The van der Waals surface area contributed by atoms with Crippen LogP contribution >= 0.6 is 11.3 Å². The first-order valence-electron chi connectivity index (χ1n) is 8.20. The Morgan fingerprint density at radius 3 is 2.52 bits per heavy atom. The lowest BCUT2D eigenvalue weighted by molar-refractivity contribution is -0.111. The molecule has 0 spiro atoms. The van der Waals surface area contributed by atoms with Crippen molar-refractivity contribution in [3.8, 4) is 23.1 Å². The molecule has 3 aromatic rings. The molecule has 2 aromatic carbocycles. The fourth-order valence-electron chi connectivity index (χ4n) is 2.45. The SMILES string of the molecule is COc1ccc(-c2nc(NC(=O)/C=C/c3ccc(C#N)cc3)sc2C)cc1. The highest BCUT2D eigenvalue weighted by molar-refractivity contribution is 7.16. The second kappa shape index (κ2) is 8.30. The van der Waals surface area contributed by atoms with Crippen LogP contribution in [0.15, 0.2) is 54.6 Å². The van der Waals surface area contributed by atoms with E-state index in [1.54, 1.807) is 37.5 Å². The minimum Gasteiger partial charge on any atom is -0.497 e. The van der Waals surface area contributed by atoms with Gasteiger partial charge in [-0.3, -0.25) is 10.1 Å². The highest BCUT2D eigenvalue weighted by Gasteiger charge is 2.11. The number of hydrogen-bond acceptors (Lipinski definition) is 5. The number of nitrogens with zero attached hydrogens (tertiary/aromatic N) is 2. The summed E-state index contributed by atoms with van der Waals surface area (Å²) >= 11 is 1.43. The van der Waals surface area contributed by atoms with Gasteiger partial charge in [0.1, 0.15) is 5.75 Å². The van der Waals surface area contributed by atoms with Gasteiger partial charge in [-0.05, 0) is 55.0 Å². The number of nitriles is 1. The van der Waals surface area contributed by atoms with E-state index in [1.807, 2.05) is 31.2 Å². The normalized spacial score (nSPS) is 10.6. The van der Waals surface area contributed by atoms with E-state index in [0.29, 0.717) is 10.7 Å². The molecule has 1 amide bonds. The highest BCUT2D eigenvalue weighted by atomic mass is 32.1. The predicted molar refractivity (Wildman–Crippen MR) is 108 cm³/mol. The Morgan fingerprint density at radius 2 is 1.89 bits per heavy atom. The summed E-state index contributed by atoms with van der Waals surface area (Å²) in [6, 6.07) is 16.7. The van der Waals surface area contributed by atoms with Crippen LogP contribution in [0.5, 0.6) is 5.75 Å². The number of rotatable bonds is 5. The van der Waals surface area contributed by atoms with E-state index in [9.17, 15) is 4.79 Å². The number of benzene rings is 2. The van der Waals surface area contributed by atoms with Crippen molar-refractivity contribution < 1.29 is 9.53 Å². The summed E-state index contributed by atoms with van der Waals surface area (Å²) < 4.78 is 5.17. The topological polar surface area (TPSA) is 75.0 Å². The van der Waals surface area contributed by atoms with Gasteiger partial charge in [-0.25, -0.2) is 4.98 Å². The maximum absolute atomic E-state index is 12.1. The van der Waals surface area contributed by atoms with E-state index in [0.717, 1.165) is 27.4 Å². The van der Waals surface area contributed by atoms with Gasteiger partial charge in [0.25, 0.3) is 0 Å². The zero-order valence-corrected chi connectivity index (χ0v) is 15.7. The Hall–Kier alpha value is -3.43. The van der Waals surface area contributed by atoms with Crippen LogP contribution in [0.4, 0.5) is 5.13 Å². The lowest BCUT2D eigenvalue weighted by Gasteiger charge is -2.01. The van der Waals surface area contributed by atoms with Crippen molar-refractivity contribution in [3.05, 3.63) is 70.6 Å². The Kier molecular flexibility index (Phi) is 5.64. The van der Waals surface area contributed by atoms with Crippen molar-refractivity contribution in [1.82, 2.24) is 4.98 Å². The minimum absolute atomic E-state index is 0.255. The molecule has 0 unspecified atom stereocenters. The minimum atomic E-state index is -0.255. The summed E-state index contributed by atoms with van der Waals surface area (Å²) in [5.41, 5.74) is 3.24. The Bertz CT molecular complexity index is 1010. The average molecular weight is 375 g/mol. The van der Waals surface area contributed by atoms with E-state index in [-0.39, 0.29) is 5.91 Å². The zero-order valence-electron chi connectivity index (χ0n) is 14.9. The second-order valence-electron chi connectivity index (χ2n) is 5.71. The molecule has 134 valence electrons. The third-order valence-electron chi connectivity index (χ3n) is 3.86. The van der Waals surface area contributed by atoms with Gasteiger partial charge in [-0.1, -0.05) is 12.1 Å². The van der Waals surface area contributed by atoms with Crippen molar-refractivity contribution in [3.63, 3.8) is 0 Å². The van der Waals surface area contributed by atoms with Crippen LogP contribution in [0.3, 0.4) is 0 Å². The molecular formula is C21H17N3O2S. The molecular weight excluding hydrogens is 358 g/mol. The monoisotopic (exact) mass is 375 g/mol. The van der Waals surface area contributed by atoms with Gasteiger partial charge in [0.05, 0.1) is 24.4 Å². The number of aromatic nitrogens is 1. The first kappa shape index (κ1) is 18.4. The van der Waals surface area contributed by atoms with Crippen molar-refractivity contribution >= 4 is 28.5 Å². The highest BCUT2D eigenvalue weighted by Crippen LogP contribution is 2.31. The molecule has 0 aliphatic carbocycles. The number of amides is 1. The Morgan fingerprint density at radius 1 is 1.19 bits per heavy atom. The molecule has 0 atom stereocenters. The van der Waals surface area contributed by atoms with Gasteiger partial charge < -0.3 is 4.74 Å². The molecule has 27 heavy (non-hydrogen) atoms. The summed E-state index contributed by atoms with van der Waals surface area (Å²) in [5.74, 6) is 0.530. The molecule has 0 saturated heterocycles. The molecule has 0 fully saturated rings. The molecule has 0 saturated carbocycles. The number of anilines is 1. The lowest BCUT2D eigenvalue weighted by Crippen LogP contribution is -2.07. The van der Waals surface area contributed by atoms with Crippen LogP contribution in [0.2, 0.25) is 0 Å². The summed E-state index contributed by atoms with van der Waals surface area (Å²) in [4.78, 5) is 17.7. The maximum Gasteiger partial charge on any atom is 0.250 e. The fraction of sp³-hybridized carbons (Fsp3) is 0.0952. The number of nitrogens with one attached hydrogen (secondary N) is 1. The number of thiazole rings is 1. The Balaban J connectivity index is 1.69. The number of carbonyl (C=O) groups is 1. The van der Waals surface area contributed by atoms with Gasteiger partial charge in [0, 0.05) is 16.5 Å². The van der Waals surface area contributed by atoms with Crippen LogP contribution in [0.25, 0.3) is 17.3 Å². The van der Waals surface area contributed by atoms with Gasteiger partial charge in [0.2, 0.25) is 5.91 Å². The van der Waals surface area contributed by atoms with Crippen LogP contribution in [0.1, 0.15) is 16.0 Å². The predicted octanol–water partition coefficient (Wildman–Crippen LogP) is 4.65. The van der Waals surface area contributed by atoms with Crippen LogP contribution < -0.4 is 10.1 Å². The molecule has 6 heteroatoms. The standard InChI is InChI=1S/C21H17N3O2S/c1-14-20(17-8-10-18(26-2)11-9-17)24-21(27-14)23-19(25)12-7-15-3-5-16(13-22)6-4-15/h3-12H,1-2H3,(H,23,24,25)/b12-7+. The van der Waals surface area contributed by atoms with Gasteiger partial charge in [-0.15, -0.1) is 11.3 Å². The lowest BCUT2D eigenvalue weighted by atomic mass is 10.1. The number of aryl methyl sites for hydroxylation is 1. The third-order valence-corrected chi connectivity index (χ3v) is 4.74. The number of methoxy groups -OCH3 is 1. The second-order valence-corrected chi connectivity index (χ2v) is 6.91. The fourth-order valence-corrected chi connectivity index (χ4v) is 3.29. The molecule has 3 rings (SSSR count). The molecule has 0 bridgehead atoms. The van der Waals surface area contributed by atoms with Crippen LogP contribution in [-0.2, 0) is 4.79 Å². The van der Waals surface area contributed by atoms with E-state index < -0.39 is 0 Å². The largest absolute Gasteiger partial charge is 0.497 e. The van der Waals surface area contributed by atoms with Crippen molar-refractivity contribution in [2.24, 2.45) is 0 Å². The summed E-state index contributed by atoms with van der Waals surface area (Å²) in [6.45, 7) is 1.97. The summed E-state index contributed by atoms with van der Waals surface area (Å²) in [7, 11) is 1.63. The van der Waals surface area contributed by atoms with Gasteiger partial charge >= 0.3 is 0 Å². The van der Waals surface area contributed by atoms with E-state index >= 15 is 0 Å². The van der Waals surface area contributed by atoms with E-state index in [2.05, 4.69) is 16.4 Å². The van der Waals surface area contributed by atoms with Crippen LogP contribution in [0, 0.1) is 18.3 Å². The smallest absolute Gasteiger partial charge is 0.250 e. The molecule has 0 radical (unpaired) electrons. The van der Waals surface area contributed by atoms with Gasteiger partial charge in [0.15, 0.2) is 5.13 Å². The van der Waals surface area contributed by atoms with Crippen molar-refractivity contribution in [1.29, 1.82) is 5.26 Å². The molecule has 0 aliphatic rings. The maximum atomic E-state index is 12.1. The first-order valence-corrected chi connectivity index (χ1v) is 9.02. The van der Waals surface area contributed by atoms with Crippen molar-refractivity contribution in [2.45, 2.75) is 6.92 Å². The number of hydrogen-bond donors (Lipinski definition) is 1. The van der Waals surface area contributed by atoms with Gasteiger partial charge in [-0.2, -0.15) is 5.26 Å². The van der Waals surface area contributed by atoms with Crippen LogP contribution in [-0.4, -0.2) is 18.0 Å². The molecule has 1 aromatic heterocycles. The molecule has 5 nitrogen and oxygen atoms in total. The average Bonchev–Trinajstić information content (AvgIpc) is 3.06. The third kappa shape index (κ3) is 4.60. The van der Waals surface area contributed by atoms with E-state index in [1.165, 1.54) is 17.4 Å². The number of carbonyl (C=O) groups excluding carboxylic acids is 1. The summed E-state index contributed by atoms with van der Waals surface area (Å²) in [6.07, 6.45) is 3.15. The number of ether oxygens (including phenoxy) is 1. The quantitative estimate of drug-likeness (QED) is 0.659.